The normalized spacial score (nSPS) is 11.7. The molecule has 2 heterocycles. The molecular formula is C13H20N8O2. The van der Waals surface area contributed by atoms with Crippen LogP contribution in [0.25, 0.3) is 0 Å². The first-order chi connectivity index (χ1) is 11.0. The van der Waals surface area contributed by atoms with E-state index in [1.54, 1.807) is 17.9 Å². The number of rotatable bonds is 7. The van der Waals surface area contributed by atoms with E-state index in [1.807, 2.05) is 6.92 Å². The van der Waals surface area contributed by atoms with E-state index in [2.05, 4.69) is 36.0 Å². The second kappa shape index (κ2) is 7.92. The Balaban J connectivity index is 1.65. The second-order valence-electron chi connectivity index (χ2n) is 5.08. The number of hydrogen-bond acceptors (Lipinski definition) is 6. The third-order valence-corrected chi connectivity index (χ3v) is 2.88. The number of H-pyrrole nitrogens is 1. The van der Waals surface area contributed by atoms with Crippen LogP contribution in [0.2, 0.25) is 0 Å². The molecule has 2 amide bonds. The largest absolute Gasteiger partial charge is 0.354 e. The van der Waals surface area contributed by atoms with Gasteiger partial charge in [0.2, 0.25) is 5.95 Å². The van der Waals surface area contributed by atoms with E-state index < -0.39 is 0 Å². The van der Waals surface area contributed by atoms with Crippen LogP contribution in [0.15, 0.2) is 23.5 Å². The molecule has 2 aromatic rings. The van der Waals surface area contributed by atoms with Crippen LogP contribution in [0.4, 0.5) is 10.7 Å². The highest BCUT2D eigenvalue weighted by molar-refractivity contribution is 5.74. The standard InChI is InChI=1S/C13H20N8O2/c1-9-5-11(22)20-12(18-9)15-3-4-16-13(23)19-10(2)6-21-8-14-7-17-21/h5,7-8,10H,3-4,6H2,1-2H3,(H2,16,19,23)(H2,15,18,20,22). The van der Waals surface area contributed by atoms with Gasteiger partial charge in [-0.3, -0.25) is 14.5 Å². The molecule has 124 valence electrons. The minimum Gasteiger partial charge on any atom is -0.354 e. The van der Waals surface area contributed by atoms with E-state index in [0.29, 0.717) is 31.3 Å². The summed E-state index contributed by atoms with van der Waals surface area (Å²) in [5.74, 6) is 0.386. The molecule has 23 heavy (non-hydrogen) atoms. The zero-order valence-electron chi connectivity index (χ0n) is 13.0. The van der Waals surface area contributed by atoms with Crippen molar-refractivity contribution in [2.45, 2.75) is 26.4 Å². The third-order valence-electron chi connectivity index (χ3n) is 2.88. The Labute approximate surface area is 132 Å². The van der Waals surface area contributed by atoms with Crippen LogP contribution in [0, 0.1) is 6.92 Å². The molecule has 0 radical (unpaired) electrons. The van der Waals surface area contributed by atoms with Crippen molar-refractivity contribution in [3.05, 3.63) is 34.8 Å². The van der Waals surface area contributed by atoms with Crippen molar-refractivity contribution in [1.29, 1.82) is 0 Å². The summed E-state index contributed by atoms with van der Waals surface area (Å²) in [6.07, 6.45) is 3.04. The highest BCUT2D eigenvalue weighted by Gasteiger charge is 2.07. The first-order valence-electron chi connectivity index (χ1n) is 7.21. The van der Waals surface area contributed by atoms with E-state index in [0.717, 1.165) is 0 Å². The van der Waals surface area contributed by atoms with Gasteiger partial charge in [-0.25, -0.2) is 14.8 Å². The fourth-order valence-electron chi connectivity index (χ4n) is 1.95. The van der Waals surface area contributed by atoms with Crippen LogP contribution in [0.1, 0.15) is 12.6 Å². The minimum atomic E-state index is -0.273. The van der Waals surface area contributed by atoms with Gasteiger partial charge in [0, 0.05) is 30.9 Å². The van der Waals surface area contributed by atoms with Gasteiger partial charge < -0.3 is 16.0 Å². The fraction of sp³-hybridized carbons (Fsp3) is 0.462. The van der Waals surface area contributed by atoms with Gasteiger partial charge in [-0.15, -0.1) is 0 Å². The highest BCUT2D eigenvalue weighted by atomic mass is 16.2. The smallest absolute Gasteiger partial charge is 0.315 e. The Morgan fingerprint density at radius 1 is 1.43 bits per heavy atom. The molecule has 10 heteroatoms. The van der Waals surface area contributed by atoms with Crippen molar-refractivity contribution in [1.82, 2.24) is 35.4 Å². The minimum absolute atomic E-state index is 0.0838. The summed E-state index contributed by atoms with van der Waals surface area (Å²) < 4.78 is 1.65. The van der Waals surface area contributed by atoms with Crippen LogP contribution in [-0.2, 0) is 6.54 Å². The van der Waals surface area contributed by atoms with Crippen molar-refractivity contribution in [3.8, 4) is 0 Å². The molecule has 0 saturated carbocycles. The van der Waals surface area contributed by atoms with Crippen molar-refractivity contribution < 1.29 is 4.79 Å². The van der Waals surface area contributed by atoms with Crippen molar-refractivity contribution >= 4 is 12.0 Å². The molecule has 0 bridgehead atoms. The average molecular weight is 320 g/mol. The number of carbonyl (C=O) groups excluding carboxylic acids is 1. The molecule has 1 unspecified atom stereocenters. The predicted octanol–water partition coefficient (Wildman–Crippen LogP) is -0.530. The van der Waals surface area contributed by atoms with Gasteiger partial charge in [0.1, 0.15) is 12.7 Å². The molecule has 1 atom stereocenters. The number of nitrogens with zero attached hydrogens (tertiary/aromatic N) is 4. The van der Waals surface area contributed by atoms with Crippen LogP contribution < -0.4 is 21.5 Å². The Hall–Kier alpha value is -2.91. The molecule has 4 N–H and O–H groups in total. The van der Waals surface area contributed by atoms with E-state index in [9.17, 15) is 9.59 Å². The summed E-state index contributed by atoms with van der Waals surface area (Å²) >= 11 is 0. The van der Waals surface area contributed by atoms with Gasteiger partial charge in [-0.05, 0) is 13.8 Å². The number of urea groups is 1. The average Bonchev–Trinajstić information content (AvgIpc) is 2.95. The molecule has 2 rings (SSSR count). The van der Waals surface area contributed by atoms with Crippen LogP contribution >= 0.6 is 0 Å². The molecule has 10 nitrogen and oxygen atoms in total. The molecule has 0 aromatic carbocycles. The zero-order valence-corrected chi connectivity index (χ0v) is 13.0. The van der Waals surface area contributed by atoms with E-state index in [1.165, 1.54) is 12.4 Å². The Bertz CT molecular complexity index is 682. The number of anilines is 1. The van der Waals surface area contributed by atoms with Gasteiger partial charge in [0.15, 0.2) is 0 Å². The van der Waals surface area contributed by atoms with E-state index in [4.69, 9.17) is 0 Å². The number of hydrogen-bond donors (Lipinski definition) is 4. The number of aromatic amines is 1. The van der Waals surface area contributed by atoms with Crippen molar-refractivity contribution in [2.75, 3.05) is 18.4 Å². The molecular weight excluding hydrogens is 300 g/mol. The van der Waals surface area contributed by atoms with Gasteiger partial charge in [-0.2, -0.15) is 5.10 Å². The number of aromatic nitrogens is 5. The maximum Gasteiger partial charge on any atom is 0.315 e. The molecule has 0 aliphatic carbocycles. The maximum atomic E-state index is 11.7. The highest BCUT2D eigenvalue weighted by Crippen LogP contribution is 1.94. The first-order valence-corrected chi connectivity index (χ1v) is 7.21. The lowest BCUT2D eigenvalue weighted by Crippen LogP contribution is -2.44. The Morgan fingerprint density at radius 2 is 2.26 bits per heavy atom. The molecule has 0 spiro atoms. The van der Waals surface area contributed by atoms with Gasteiger partial charge in [0.05, 0.1) is 6.54 Å². The second-order valence-corrected chi connectivity index (χ2v) is 5.08. The summed E-state index contributed by atoms with van der Waals surface area (Å²) in [7, 11) is 0. The van der Waals surface area contributed by atoms with Crippen LogP contribution in [0.3, 0.4) is 0 Å². The summed E-state index contributed by atoms with van der Waals surface area (Å²) in [5, 5.41) is 12.4. The monoisotopic (exact) mass is 320 g/mol. The summed E-state index contributed by atoms with van der Waals surface area (Å²) in [4.78, 5) is 33.6. The summed E-state index contributed by atoms with van der Waals surface area (Å²) in [6, 6.07) is 1.05. The fourth-order valence-corrected chi connectivity index (χ4v) is 1.95. The first kappa shape index (κ1) is 16.5. The number of carbonyl (C=O) groups is 1. The summed E-state index contributed by atoms with van der Waals surface area (Å²) in [5.41, 5.74) is 0.413. The third kappa shape index (κ3) is 5.77. The maximum absolute atomic E-state index is 11.7. The summed E-state index contributed by atoms with van der Waals surface area (Å²) in [6.45, 7) is 4.99. The van der Waals surface area contributed by atoms with Crippen molar-refractivity contribution in [2.24, 2.45) is 0 Å². The Kier molecular flexibility index (Phi) is 5.67. The number of nitrogens with one attached hydrogen (secondary N) is 4. The van der Waals surface area contributed by atoms with Gasteiger partial charge >= 0.3 is 6.03 Å². The lowest BCUT2D eigenvalue weighted by atomic mass is 10.3. The van der Waals surface area contributed by atoms with Gasteiger partial charge in [0.25, 0.3) is 5.56 Å². The molecule has 0 aliphatic heterocycles. The number of amides is 2. The van der Waals surface area contributed by atoms with Crippen LogP contribution in [-0.4, -0.2) is 49.9 Å². The zero-order chi connectivity index (χ0) is 16.7. The van der Waals surface area contributed by atoms with Crippen LogP contribution in [0.5, 0.6) is 0 Å². The van der Waals surface area contributed by atoms with E-state index in [-0.39, 0.29) is 17.6 Å². The quantitative estimate of drug-likeness (QED) is 0.507. The SMILES string of the molecule is Cc1cc(=O)[nH]c(NCCNC(=O)NC(C)Cn2cncn2)n1. The van der Waals surface area contributed by atoms with E-state index >= 15 is 0 Å². The molecule has 0 saturated heterocycles. The number of aryl methyl sites for hydroxylation is 1. The lowest BCUT2D eigenvalue weighted by Gasteiger charge is -2.14. The van der Waals surface area contributed by atoms with Gasteiger partial charge in [-0.1, -0.05) is 0 Å². The lowest BCUT2D eigenvalue weighted by molar-refractivity contribution is 0.236. The molecule has 0 fully saturated rings. The topological polar surface area (TPSA) is 130 Å². The molecule has 0 aliphatic rings. The predicted molar refractivity (Wildman–Crippen MR) is 84.1 cm³/mol. The van der Waals surface area contributed by atoms with Crippen molar-refractivity contribution in [3.63, 3.8) is 0 Å². The Morgan fingerprint density at radius 3 is 2.96 bits per heavy atom. The molecule has 2 aromatic heterocycles.